The van der Waals surface area contributed by atoms with Gasteiger partial charge < -0.3 is 4.74 Å². The molecule has 0 saturated heterocycles. The first-order valence-electron chi connectivity index (χ1n) is 7.54. The van der Waals surface area contributed by atoms with E-state index in [1.807, 2.05) is 0 Å². The van der Waals surface area contributed by atoms with Crippen LogP contribution in [-0.4, -0.2) is 23.8 Å². The molecule has 8 nitrogen and oxygen atoms in total. The van der Waals surface area contributed by atoms with E-state index in [0.29, 0.717) is 5.65 Å². The summed E-state index contributed by atoms with van der Waals surface area (Å²) in [6.45, 7) is 1.56. The van der Waals surface area contributed by atoms with Crippen LogP contribution in [0, 0.1) is 6.92 Å². The van der Waals surface area contributed by atoms with Gasteiger partial charge in [0, 0.05) is 11.8 Å². The fourth-order valence-electron chi connectivity index (χ4n) is 2.46. The van der Waals surface area contributed by atoms with Gasteiger partial charge in [0.25, 0.3) is 5.56 Å². The molecule has 0 amide bonds. The second-order valence-electron chi connectivity index (χ2n) is 5.60. The first kappa shape index (κ1) is 17.8. The lowest BCUT2D eigenvalue weighted by Crippen LogP contribution is -2.18. The Morgan fingerprint density at radius 2 is 1.92 bits per heavy atom. The smallest absolute Gasteiger partial charge is 0.338 e. The number of rotatable bonds is 4. The predicted molar refractivity (Wildman–Crippen MR) is 93.1 cm³/mol. The van der Waals surface area contributed by atoms with Gasteiger partial charge in [0.05, 0.1) is 16.2 Å². The number of carbonyl (C=O) groups excluding carboxylic acids is 1. The number of pyridine rings is 1. The fraction of sp³-hybridized carbons (Fsp3) is 0.118. The van der Waals surface area contributed by atoms with Gasteiger partial charge in [-0.15, -0.1) is 0 Å². The number of carbonyl (C=O) groups is 1. The molecule has 0 spiro atoms. The zero-order chi connectivity index (χ0) is 18.9. The number of nitrogens with two attached hydrogens (primary N) is 1. The Balaban J connectivity index is 1.82. The molecule has 1 aromatic carbocycles. The lowest BCUT2D eigenvalue weighted by atomic mass is 10.2. The molecule has 9 heteroatoms. The number of nitrogens with zero attached hydrogens (tertiary/aromatic N) is 2. The van der Waals surface area contributed by atoms with Crippen LogP contribution in [0.4, 0.5) is 0 Å². The SMILES string of the molecule is Cc1cccc2nc(COC(=O)c3cccc(S(N)(=O)=O)c3)cc(=O)n12. The molecule has 0 saturated carbocycles. The third-order valence-corrected chi connectivity index (χ3v) is 4.59. The highest BCUT2D eigenvalue weighted by molar-refractivity contribution is 7.89. The van der Waals surface area contributed by atoms with Crippen LogP contribution in [0.25, 0.3) is 5.65 Å². The number of hydrogen-bond acceptors (Lipinski definition) is 6. The maximum atomic E-state index is 12.2. The van der Waals surface area contributed by atoms with E-state index in [1.54, 1.807) is 25.1 Å². The van der Waals surface area contributed by atoms with Crippen LogP contribution in [0.1, 0.15) is 21.7 Å². The fourth-order valence-corrected chi connectivity index (χ4v) is 3.02. The Bertz CT molecular complexity index is 1170. The second-order valence-corrected chi connectivity index (χ2v) is 7.16. The van der Waals surface area contributed by atoms with Crippen LogP contribution in [0.3, 0.4) is 0 Å². The van der Waals surface area contributed by atoms with Gasteiger partial charge in [0.2, 0.25) is 10.0 Å². The molecule has 0 fully saturated rings. The molecule has 0 radical (unpaired) electrons. The normalized spacial score (nSPS) is 11.5. The largest absolute Gasteiger partial charge is 0.456 e. The maximum Gasteiger partial charge on any atom is 0.338 e. The van der Waals surface area contributed by atoms with Crippen LogP contribution in [0.2, 0.25) is 0 Å². The summed E-state index contributed by atoms with van der Waals surface area (Å²) in [7, 11) is -3.92. The van der Waals surface area contributed by atoms with Gasteiger partial charge in [-0.2, -0.15) is 0 Å². The number of ether oxygens (including phenoxy) is 1. The molecular weight excluding hydrogens is 358 g/mol. The molecular formula is C17H15N3O5S. The second kappa shape index (κ2) is 6.70. The van der Waals surface area contributed by atoms with Crippen molar-refractivity contribution in [1.82, 2.24) is 9.38 Å². The van der Waals surface area contributed by atoms with Gasteiger partial charge in [-0.05, 0) is 37.3 Å². The molecule has 2 N–H and O–H groups in total. The van der Waals surface area contributed by atoms with Gasteiger partial charge in [-0.1, -0.05) is 12.1 Å². The van der Waals surface area contributed by atoms with E-state index in [9.17, 15) is 18.0 Å². The number of hydrogen-bond donors (Lipinski definition) is 1. The Morgan fingerprint density at radius 1 is 1.19 bits per heavy atom. The van der Waals surface area contributed by atoms with E-state index in [0.717, 1.165) is 11.8 Å². The Kier molecular flexibility index (Phi) is 4.58. The zero-order valence-electron chi connectivity index (χ0n) is 13.7. The van der Waals surface area contributed by atoms with Crippen molar-refractivity contribution in [1.29, 1.82) is 0 Å². The van der Waals surface area contributed by atoms with E-state index < -0.39 is 16.0 Å². The minimum atomic E-state index is -3.92. The summed E-state index contributed by atoms with van der Waals surface area (Å²) in [5.74, 6) is -0.748. The van der Waals surface area contributed by atoms with Crippen LogP contribution in [0.15, 0.2) is 58.2 Å². The monoisotopic (exact) mass is 373 g/mol. The van der Waals surface area contributed by atoms with Gasteiger partial charge in [0.1, 0.15) is 12.3 Å². The van der Waals surface area contributed by atoms with E-state index in [1.165, 1.54) is 28.7 Å². The maximum absolute atomic E-state index is 12.2. The molecule has 0 atom stereocenters. The van der Waals surface area contributed by atoms with E-state index in [2.05, 4.69) is 4.98 Å². The van der Waals surface area contributed by atoms with Crippen molar-refractivity contribution < 1.29 is 17.9 Å². The molecule has 0 aliphatic rings. The summed E-state index contributed by atoms with van der Waals surface area (Å²) < 4.78 is 29.3. The van der Waals surface area contributed by atoms with Crippen molar-refractivity contribution in [2.75, 3.05) is 0 Å². The highest BCUT2D eigenvalue weighted by atomic mass is 32.2. The van der Waals surface area contributed by atoms with Gasteiger partial charge >= 0.3 is 5.97 Å². The first-order valence-corrected chi connectivity index (χ1v) is 9.08. The number of aromatic nitrogens is 2. The summed E-state index contributed by atoms with van der Waals surface area (Å²) in [6, 6.07) is 11.7. The standard InChI is InChI=1S/C17H15N3O5S/c1-11-4-2-7-15-19-13(9-16(21)20(11)15)10-25-17(22)12-5-3-6-14(8-12)26(18,23)24/h2-9H,10H2,1H3,(H2,18,23,24). The van der Waals surface area contributed by atoms with Gasteiger partial charge in [-0.25, -0.2) is 23.3 Å². The third kappa shape index (κ3) is 3.63. The molecule has 26 heavy (non-hydrogen) atoms. The summed E-state index contributed by atoms with van der Waals surface area (Å²) >= 11 is 0. The van der Waals surface area contributed by atoms with E-state index in [-0.39, 0.29) is 28.3 Å². The highest BCUT2D eigenvalue weighted by Gasteiger charge is 2.14. The van der Waals surface area contributed by atoms with Crippen molar-refractivity contribution in [3.63, 3.8) is 0 Å². The summed E-state index contributed by atoms with van der Waals surface area (Å²) in [5.41, 5.74) is 1.22. The lowest BCUT2D eigenvalue weighted by Gasteiger charge is -2.08. The molecule has 2 aromatic heterocycles. The van der Waals surface area contributed by atoms with Crippen LogP contribution in [-0.2, 0) is 21.4 Å². The molecule has 0 unspecified atom stereocenters. The average molecular weight is 373 g/mol. The first-order chi connectivity index (χ1) is 12.3. The molecule has 3 aromatic rings. The zero-order valence-corrected chi connectivity index (χ0v) is 14.6. The number of aryl methyl sites for hydroxylation is 1. The minimum Gasteiger partial charge on any atom is -0.456 e. The molecule has 2 heterocycles. The molecule has 134 valence electrons. The Labute approximate surface area is 148 Å². The molecule has 0 bridgehead atoms. The van der Waals surface area contributed by atoms with Crippen molar-refractivity contribution >= 4 is 21.6 Å². The van der Waals surface area contributed by atoms with Crippen molar-refractivity contribution in [3.8, 4) is 0 Å². The Morgan fingerprint density at radius 3 is 2.65 bits per heavy atom. The van der Waals surface area contributed by atoms with Crippen LogP contribution in [0.5, 0.6) is 0 Å². The quantitative estimate of drug-likeness (QED) is 0.681. The van der Waals surface area contributed by atoms with Crippen molar-refractivity contribution in [2.45, 2.75) is 18.4 Å². The molecule has 0 aliphatic heterocycles. The summed E-state index contributed by atoms with van der Waals surface area (Å²) in [6.07, 6.45) is 0. The van der Waals surface area contributed by atoms with E-state index in [4.69, 9.17) is 9.88 Å². The van der Waals surface area contributed by atoms with Gasteiger partial charge in [0.15, 0.2) is 0 Å². The third-order valence-electron chi connectivity index (χ3n) is 3.68. The number of esters is 1. The minimum absolute atomic E-state index is 0.0323. The summed E-state index contributed by atoms with van der Waals surface area (Å²) in [4.78, 5) is 28.4. The highest BCUT2D eigenvalue weighted by Crippen LogP contribution is 2.12. The van der Waals surface area contributed by atoms with E-state index >= 15 is 0 Å². The average Bonchev–Trinajstić information content (AvgIpc) is 2.59. The predicted octanol–water partition coefficient (Wildman–Crippen LogP) is 1.01. The number of primary sulfonamides is 1. The summed E-state index contributed by atoms with van der Waals surface area (Å²) in [5, 5.41) is 5.05. The van der Waals surface area contributed by atoms with Crippen LogP contribution < -0.4 is 10.7 Å². The molecule has 3 rings (SSSR count). The topological polar surface area (TPSA) is 121 Å². The van der Waals surface area contributed by atoms with Crippen molar-refractivity contribution in [3.05, 3.63) is 75.8 Å². The number of fused-ring (bicyclic) bond motifs is 1. The lowest BCUT2D eigenvalue weighted by molar-refractivity contribution is 0.0467. The van der Waals surface area contributed by atoms with Gasteiger partial charge in [-0.3, -0.25) is 9.20 Å². The number of sulfonamides is 1. The van der Waals surface area contributed by atoms with Crippen molar-refractivity contribution in [2.24, 2.45) is 5.14 Å². The molecule has 0 aliphatic carbocycles. The Hall–Kier alpha value is -3.04. The number of benzene rings is 1. The van der Waals surface area contributed by atoms with Crippen LogP contribution >= 0.6 is 0 Å².